The number of hydrogen-bond acceptors (Lipinski definition) is 5. The fourth-order valence-corrected chi connectivity index (χ4v) is 2.56. The van der Waals surface area contributed by atoms with Crippen LogP contribution < -0.4 is 15.1 Å². The second kappa shape index (κ2) is 6.11. The molecule has 7 nitrogen and oxygen atoms in total. The molecule has 0 aromatic carbocycles. The van der Waals surface area contributed by atoms with Crippen molar-refractivity contribution in [2.24, 2.45) is 0 Å². The van der Waals surface area contributed by atoms with Gasteiger partial charge in [0, 0.05) is 0 Å². The summed E-state index contributed by atoms with van der Waals surface area (Å²) >= 11 is 0. The number of rotatable bonds is 3. The summed E-state index contributed by atoms with van der Waals surface area (Å²) < 4.78 is 10.1. The first-order valence-corrected chi connectivity index (χ1v) is 7.12. The van der Waals surface area contributed by atoms with Gasteiger partial charge in [0.15, 0.2) is 0 Å². The summed E-state index contributed by atoms with van der Waals surface area (Å²) in [4.78, 5) is 13.2. The van der Waals surface area contributed by atoms with E-state index in [2.05, 4.69) is 29.4 Å². The van der Waals surface area contributed by atoms with Gasteiger partial charge < -0.3 is 4.74 Å². The smallest absolute Gasteiger partial charge is 0.414 e. The maximum atomic E-state index is 11.5. The van der Waals surface area contributed by atoms with Gasteiger partial charge in [-0.3, -0.25) is 9.84 Å². The van der Waals surface area contributed by atoms with E-state index in [0.29, 0.717) is 12.1 Å². The summed E-state index contributed by atoms with van der Waals surface area (Å²) in [5.41, 5.74) is 0. The number of carbonyl (C=O) groups excluding carboxylic acids is 1. The standard InChI is InChI=1S/C13H22N4O3/c1-9(2)19-13(18)14-12-8-16(15-20-12)17-10(3)6-5-7-11(17)4/h8-11H,5-7H2,1-4H3/p+1. The van der Waals surface area contributed by atoms with Crippen LogP contribution in [-0.4, -0.2) is 29.6 Å². The van der Waals surface area contributed by atoms with Crippen molar-refractivity contribution in [3.63, 3.8) is 0 Å². The zero-order chi connectivity index (χ0) is 14.7. The largest absolute Gasteiger partial charge is 0.447 e. The number of aromatic nitrogens is 2. The average Bonchev–Trinajstić information content (AvgIpc) is 2.75. The lowest BCUT2D eigenvalue weighted by Crippen LogP contribution is -2.67. The first kappa shape index (κ1) is 14.6. The third kappa shape index (κ3) is 3.40. The Labute approximate surface area is 118 Å². The molecule has 20 heavy (non-hydrogen) atoms. The molecule has 7 heteroatoms. The van der Waals surface area contributed by atoms with Crippen molar-refractivity contribution < 1.29 is 18.8 Å². The van der Waals surface area contributed by atoms with Crippen molar-refractivity contribution in [2.75, 3.05) is 10.3 Å². The highest BCUT2D eigenvalue weighted by molar-refractivity contribution is 5.82. The first-order chi connectivity index (χ1) is 9.47. The summed E-state index contributed by atoms with van der Waals surface area (Å²) in [6, 6.07) is 0.786. The molecule has 2 unspecified atom stereocenters. The molecule has 1 N–H and O–H groups in total. The highest BCUT2D eigenvalue weighted by atomic mass is 16.6. The molecule has 2 rings (SSSR count). The van der Waals surface area contributed by atoms with Gasteiger partial charge in [-0.15, -0.1) is 5.01 Å². The van der Waals surface area contributed by atoms with Crippen LogP contribution in [0.25, 0.3) is 0 Å². The van der Waals surface area contributed by atoms with Gasteiger partial charge in [-0.05, 0) is 47.0 Å². The van der Waals surface area contributed by atoms with Crippen molar-refractivity contribution >= 4 is 12.0 Å². The maximum absolute atomic E-state index is 11.5. The third-order valence-corrected chi connectivity index (χ3v) is 3.41. The molecule has 0 radical (unpaired) electrons. The van der Waals surface area contributed by atoms with Crippen molar-refractivity contribution in [1.29, 1.82) is 0 Å². The van der Waals surface area contributed by atoms with Gasteiger partial charge in [0.2, 0.25) is 5.27 Å². The molecule has 112 valence electrons. The zero-order valence-corrected chi connectivity index (χ0v) is 12.5. The van der Waals surface area contributed by atoms with E-state index >= 15 is 0 Å². The number of anilines is 1. The molecule has 1 aliphatic rings. The predicted molar refractivity (Wildman–Crippen MR) is 72.9 cm³/mol. The van der Waals surface area contributed by atoms with Crippen molar-refractivity contribution in [2.45, 2.75) is 65.1 Å². The molecule has 1 amide bonds. The third-order valence-electron chi connectivity index (χ3n) is 3.41. The normalized spacial score (nSPS) is 22.9. The average molecular weight is 283 g/mol. The molecule has 0 saturated carbocycles. The monoisotopic (exact) mass is 283 g/mol. The summed E-state index contributed by atoms with van der Waals surface area (Å²) in [7, 11) is 0. The van der Waals surface area contributed by atoms with Crippen LogP contribution in [0.4, 0.5) is 10.7 Å². The molecular weight excluding hydrogens is 260 g/mol. The fraction of sp³-hybridized carbons (Fsp3) is 0.769. The molecular formula is C13H23N4O3+. The van der Waals surface area contributed by atoms with Crippen molar-refractivity contribution in [1.82, 2.24) is 5.27 Å². The number of piperidine rings is 1. The topological polar surface area (TPSA) is 71.5 Å². The SMILES string of the molecule is CC(C)OC(=O)Nc1c[n+](N2C(C)CCCC2C)no1. The number of nitrogens with zero attached hydrogens (tertiary/aromatic N) is 3. The Balaban J connectivity index is 2.02. The molecule has 0 bridgehead atoms. The van der Waals surface area contributed by atoms with E-state index in [0.717, 1.165) is 12.8 Å². The molecule has 1 saturated heterocycles. The summed E-state index contributed by atoms with van der Waals surface area (Å²) in [5.74, 6) is 0.278. The van der Waals surface area contributed by atoms with E-state index in [-0.39, 0.29) is 12.0 Å². The van der Waals surface area contributed by atoms with Gasteiger partial charge in [-0.1, -0.05) is 0 Å². The molecule has 2 atom stereocenters. The summed E-state index contributed by atoms with van der Waals surface area (Å²) in [5, 5.41) is 8.65. The lowest BCUT2D eigenvalue weighted by atomic mass is 10.00. The van der Waals surface area contributed by atoms with Gasteiger partial charge in [-0.25, -0.2) is 4.79 Å². The number of hydrogen-bond donors (Lipinski definition) is 1. The van der Waals surface area contributed by atoms with Gasteiger partial charge in [-0.2, -0.15) is 0 Å². The Hall–Kier alpha value is -1.79. The Bertz CT molecular complexity index is 450. The second-order valence-corrected chi connectivity index (χ2v) is 5.57. The molecule has 0 spiro atoms. The van der Waals surface area contributed by atoms with E-state index in [9.17, 15) is 4.79 Å². The van der Waals surface area contributed by atoms with Crippen LogP contribution in [0, 0.1) is 0 Å². The molecule has 2 heterocycles. The highest BCUT2D eigenvalue weighted by Gasteiger charge is 2.34. The van der Waals surface area contributed by atoms with Gasteiger partial charge >= 0.3 is 12.0 Å². The highest BCUT2D eigenvalue weighted by Crippen LogP contribution is 2.18. The quantitative estimate of drug-likeness (QED) is 0.857. The minimum atomic E-state index is -0.539. The van der Waals surface area contributed by atoms with Gasteiger partial charge in [0.25, 0.3) is 6.20 Å². The van der Waals surface area contributed by atoms with E-state index in [1.807, 2.05) is 0 Å². The summed E-state index contributed by atoms with van der Waals surface area (Å²) in [6.45, 7) is 7.91. The Morgan fingerprint density at radius 1 is 1.50 bits per heavy atom. The van der Waals surface area contributed by atoms with Crippen molar-refractivity contribution in [3.05, 3.63) is 6.20 Å². The maximum Gasteiger partial charge on any atom is 0.414 e. The van der Waals surface area contributed by atoms with E-state index in [1.54, 1.807) is 24.8 Å². The van der Waals surface area contributed by atoms with Crippen LogP contribution in [0.2, 0.25) is 0 Å². The Kier molecular flexibility index (Phi) is 4.46. The fourth-order valence-electron chi connectivity index (χ4n) is 2.56. The number of nitrogens with one attached hydrogen (secondary N) is 1. The number of carbonyl (C=O) groups is 1. The van der Waals surface area contributed by atoms with Crippen LogP contribution in [-0.2, 0) is 4.74 Å². The van der Waals surface area contributed by atoms with E-state index in [1.165, 1.54) is 6.42 Å². The molecule has 1 aromatic rings. The predicted octanol–water partition coefficient (Wildman–Crippen LogP) is 1.82. The van der Waals surface area contributed by atoms with Crippen LogP contribution in [0.1, 0.15) is 47.0 Å². The van der Waals surface area contributed by atoms with E-state index < -0.39 is 6.09 Å². The zero-order valence-electron chi connectivity index (χ0n) is 12.5. The Morgan fingerprint density at radius 3 is 2.75 bits per heavy atom. The first-order valence-electron chi connectivity index (χ1n) is 7.12. The van der Waals surface area contributed by atoms with Gasteiger partial charge in [0.1, 0.15) is 0 Å². The van der Waals surface area contributed by atoms with Crippen molar-refractivity contribution in [3.8, 4) is 0 Å². The molecule has 1 fully saturated rings. The second-order valence-electron chi connectivity index (χ2n) is 5.57. The lowest BCUT2D eigenvalue weighted by molar-refractivity contribution is -0.765. The van der Waals surface area contributed by atoms with Crippen LogP contribution >= 0.6 is 0 Å². The van der Waals surface area contributed by atoms with Crippen LogP contribution in [0.5, 0.6) is 0 Å². The Morgan fingerprint density at radius 2 is 2.15 bits per heavy atom. The number of amides is 1. The van der Waals surface area contributed by atoms with Crippen LogP contribution in [0.3, 0.4) is 0 Å². The minimum Gasteiger partial charge on any atom is -0.447 e. The lowest BCUT2D eigenvalue weighted by Gasteiger charge is -2.31. The molecule has 1 aromatic heterocycles. The van der Waals surface area contributed by atoms with Crippen LogP contribution in [0.15, 0.2) is 10.7 Å². The molecule has 1 aliphatic heterocycles. The van der Waals surface area contributed by atoms with Gasteiger partial charge in [0.05, 0.1) is 23.0 Å². The number of ether oxygens (including phenoxy) is 1. The van der Waals surface area contributed by atoms with E-state index in [4.69, 9.17) is 9.26 Å². The summed E-state index contributed by atoms with van der Waals surface area (Å²) in [6.07, 6.45) is 4.43. The minimum absolute atomic E-state index is 0.174. The molecule has 0 aliphatic carbocycles.